The number of aromatic nitrogens is 2. The number of nitrogens with zero attached hydrogens (tertiary/aromatic N) is 2. The van der Waals surface area contributed by atoms with E-state index in [1.54, 1.807) is 6.92 Å². The van der Waals surface area contributed by atoms with E-state index >= 15 is 0 Å². The highest BCUT2D eigenvalue weighted by molar-refractivity contribution is 8.00. The number of rotatable bonds is 5. The molecule has 0 aliphatic heterocycles. The predicted molar refractivity (Wildman–Crippen MR) is 90.0 cm³/mol. The molecule has 5 nitrogen and oxygen atoms in total. The van der Waals surface area contributed by atoms with Crippen molar-refractivity contribution in [3.05, 3.63) is 59.9 Å². The predicted octanol–water partition coefficient (Wildman–Crippen LogP) is 4.27. The van der Waals surface area contributed by atoms with Gasteiger partial charge < -0.3 is 9.73 Å². The monoisotopic (exact) mass is 379 g/mol. The smallest absolute Gasteiger partial charge is 0.277 e. The van der Waals surface area contributed by atoms with Gasteiger partial charge in [0.2, 0.25) is 11.8 Å². The minimum atomic E-state index is -1.05. The van der Waals surface area contributed by atoms with Crippen LogP contribution in [0.5, 0.6) is 0 Å². The molecule has 0 aliphatic carbocycles. The van der Waals surface area contributed by atoms with Gasteiger partial charge in [-0.2, -0.15) is 0 Å². The quantitative estimate of drug-likeness (QED) is 0.671. The largest absolute Gasteiger partial charge is 0.411 e. The Morgan fingerprint density at radius 1 is 1.08 bits per heavy atom. The maximum Gasteiger partial charge on any atom is 0.277 e. The normalized spacial score (nSPS) is 12.0. The number of carbonyl (C=O) groups is 1. The summed E-state index contributed by atoms with van der Waals surface area (Å²) in [6, 6.07) is 8.61. The highest BCUT2D eigenvalue weighted by Gasteiger charge is 2.19. The number of hydrogen-bond donors (Lipinski definition) is 1. The van der Waals surface area contributed by atoms with E-state index in [1.807, 2.05) is 0 Å². The molecule has 0 bridgehead atoms. The summed E-state index contributed by atoms with van der Waals surface area (Å²) in [6.45, 7) is 1.60. The molecule has 3 rings (SSSR count). The highest BCUT2D eigenvalue weighted by atomic mass is 32.2. The van der Waals surface area contributed by atoms with Crippen LogP contribution in [-0.2, 0) is 4.79 Å². The molecule has 26 heavy (non-hydrogen) atoms. The summed E-state index contributed by atoms with van der Waals surface area (Å²) in [5.74, 6) is -2.68. The number of halogens is 3. The molecule has 134 valence electrons. The fraction of sp³-hybridized carbons (Fsp3) is 0.118. The number of thioether (sulfide) groups is 1. The third kappa shape index (κ3) is 4.23. The molecule has 0 spiro atoms. The first-order valence-corrected chi connectivity index (χ1v) is 8.32. The molecule has 2 aromatic carbocycles. The highest BCUT2D eigenvalue weighted by Crippen LogP contribution is 2.27. The molecule has 0 saturated carbocycles. The summed E-state index contributed by atoms with van der Waals surface area (Å²) >= 11 is 1.00. The number of anilines is 1. The van der Waals surface area contributed by atoms with Gasteiger partial charge in [0.15, 0.2) is 11.6 Å². The second-order valence-corrected chi connectivity index (χ2v) is 6.55. The number of hydrogen-bond acceptors (Lipinski definition) is 5. The van der Waals surface area contributed by atoms with E-state index in [0.717, 1.165) is 23.9 Å². The number of amides is 1. The van der Waals surface area contributed by atoms with Crippen molar-refractivity contribution in [1.82, 2.24) is 10.2 Å². The summed E-state index contributed by atoms with van der Waals surface area (Å²) < 4.78 is 44.5. The van der Waals surface area contributed by atoms with Gasteiger partial charge >= 0.3 is 0 Å². The van der Waals surface area contributed by atoms with Crippen LogP contribution in [0.25, 0.3) is 11.5 Å². The van der Waals surface area contributed by atoms with Crippen molar-refractivity contribution in [3.8, 4) is 11.5 Å². The van der Waals surface area contributed by atoms with Gasteiger partial charge in [-0.05, 0) is 43.3 Å². The lowest BCUT2D eigenvalue weighted by atomic mass is 10.2. The molecule has 1 atom stereocenters. The first-order valence-electron chi connectivity index (χ1n) is 7.44. The van der Waals surface area contributed by atoms with Crippen LogP contribution in [0.2, 0.25) is 0 Å². The van der Waals surface area contributed by atoms with Crippen molar-refractivity contribution in [2.75, 3.05) is 5.32 Å². The van der Waals surface area contributed by atoms with E-state index < -0.39 is 22.8 Å². The van der Waals surface area contributed by atoms with Crippen LogP contribution >= 0.6 is 11.8 Å². The van der Waals surface area contributed by atoms with Crippen LogP contribution in [0.1, 0.15) is 6.92 Å². The summed E-state index contributed by atoms with van der Waals surface area (Å²) in [6.07, 6.45) is 0. The molecule has 1 N–H and O–H groups in total. The average Bonchev–Trinajstić information content (AvgIpc) is 3.07. The van der Waals surface area contributed by atoms with Crippen molar-refractivity contribution in [1.29, 1.82) is 0 Å². The Hall–Kier alpha value is -2.81. The molecule has 3 aromatic rings. The maximum absolute atomic E-state index is 13.2. The summed E-state index contributed by atoms with van der Waals surface area (Å²) in [4.78, 5) is 12.1. The summed E-state index contributed by atoms with van der Waals surface area (Å²) in [7, 11) is 0. The Kier molecular flexibility index (Phi) is 5.27. The van der Waals surface area contributed by atoms with Crippen LogP contribution in [0.15, 0.2) is 52.1 Å². The van der Waals surface area contributed by atoms with Crippen LogP contribution < -0.4 is 5.32 Å². The first-order chi connectivity index (χ1) is 12.4. The molecular formula is C17H12F3N3O2S. The third-order valence-corrected chi connectivity index (χ3v) is 4.27. The van der Waals surface area contributed by atoms with Crippen LogP contribution in [0.4, 0.5) is 18.9 Å². The van der Waals surface area contributed by atoms with E-state index in [1.165, 1.54) is 30.3 Å². The van der Waals surface area contributed by atoms with Crippen molar-refractivity contribution in [2.24, 2.45) is 0 Å². The number of benzene rings is 2. The molecule has 0 radical (unpaired) electrons. The second-order valence-electron chi connectivity index (χ2n) is 5.26. The van der Waals surface area contributed by atoms with E-state index in [2.05, 4.69) is 15.5 Å². The Balaban J connectivity index is 1.64. The fourth-order valence-electron chi connectivity index (χ4n) is 1.99. The molecule has 0 saturated heterocycles. The molecule has 1 heterocycles. The lowest BCUT2D eigenvalue weighted by Crippen LogP contribution is -2.22. The zero-order valence-electron chi connectivity index (χ0n) is 13.4. The minimum absolute atomic E-state index is 0.138. The number of carbonyl (C=O) groups excluding carboxylic acids is 1. The molecule has 0 fully saturated rings. The topological polar surface area (TPSA) is 68.0 Å². The van der Waals surface area contributed by atoms with Gasteiger partial charge in [-0.25, -0.2) is 13.2 Å². The first kappa shape index (κ1) is 18.0. The summed E-state index contributed by atoms with van der Waals surface area (Å²) in [5, 5.41) is 9.68. The molecule has 1 amide bonds. The molecule has 1 aromatic heterocycles. The average molecular weight is 379 g/mol. The fourth-order valence-corrected chi connectivity index (χ4v) is 2.67. The van der Waals surface area contributed by atoms with Crippen LogP contribution in [-0.4, -0.2) is 21.4 Å². The molecule has 9 heteroatoms. The lowest BCUT2D eigenvalue weighted by Gasteiger charge is -2.10. The SMILES string of the molecule is C[C@H](Sc1nnc(-c2ccc(F)cc2)o1)C(=O)Nc1ccc(F)c(F)c1. The van der Waals surface area contributed by atoms with Crippen molar-refractivity contribution in [2.45, 2.75) is 17.4 Å². The number of nitrogens with one attached hydrogen (secondary N) is 1. The zero-order chi connectivity index (χ0) is 18.7. The van der Waals surface area contributed by atoms with E-state index in [-0.39, 0.29) is 22.6 Å². The van der Waals surface area contributed by atoms with Gasteiger partial charge in [0.05, 0.1) is 5.25 Å². The van der Waals surface area contributed by atoms with Crippen molar-refractivity contribution in [3.63, 3.8) is 0 Å². The Morgan fingerprint density at radius 3 is 2.50 bits per heavy atom. The maximum atomic E-state index is 13.2. The second kappa shape index (κ2) is 7.61. The van der Waals surface area contributed by atoms with E-state index in [4.69, 9.17) is 4.42 Å². The Morgan fingerprint density at radius 2 is 1.81 bits per heavy atom. The molecule has 0 unspecified atom stereocenters. The van der Waals surface area contributed by atoms with Crippen LogP contribution in [0.3, 0.4) is 0 Å². The zero-order valence-corrected chi connectivity index (χ0v) is 14.2. The van der Waals surface area contributed by atoms with Gasteiger partial charge in [-0.1, -0.05) is 11.8 Å². The van der Waals surface area contributed by atoms with Gasteiger partial charge in [0.1, 0.15) is 5.82 Å². The Bertz CT molecular complexity index is 931. The van der Waals surface area contributed by atoms with Gasteiger partial charge in [0.25, 0.3) is 5.22 Å². The van der Waals surface area contributed by atoms with Gasteiger partial charge in [-0.15, -0.1) is 10.2 Å². The molecule has 0 aliphatic rings. The van der Waals surface area contributed by atoms with Crippen LogP contribution in [0, 0.1) is 17.5 Å². The van der Waals surface area contributed by atoms with Gasteiger partial charge in [0, 0.05) is 17.3 Å². The Labute approximate surface area is 150 Å². The van der Waals surface area contributed by atoms with Crippen molar-refractivity contribution >= 4 is 23.4 Å². The third-order valence-electron chi connectivity index (χ3n) is 3.33. The summed E-state index contributed by atoms with van der Waals surface area (Å²) in [5.41, 5.74) is 0.684. The van der Waals surface area contributed by atoms with E-state index in [0.29, 0.717) is 5.56 Å². The minimum Gasteiger partial charge on any atom is -0.411 e. The van der Waals surface area contributed by atoms with Crippen molar-refractivity contribution < 1.29 is 22.4 Å². The molecular weight excluding hydrogens is 367 g/mol. The van der Waals surface area contributed by atoms with Gasteiger partial charge in [-0.3, -0.25) is 4.79 Å². The standard InChI is InChI=1S/C17H12F3N3O2S/c1-9(15(24)21-12-6-7-13(19)14(20)8-12)26-17-23-22-16(25-17)10-2-4-11(18)5-3-10/h2-9H,1H3,(H,21,24)/t9-/m0/s1. The van der Waals surface area contributed by atoms with E-state index in [9.17, 15) is 18.0 Å². The lowest BCUT2D eigenvalue weighted by molar-refractivity contribution is -0.115.